The minimum absolute atomic E-state index is 0.226. The first-order valence-electron chi connectivity index (χ1n) is 4.78. The summed E-state index contributed by atoms with van der Waals surface area (Å²) in [5, 5.41) is 0.226. The van der Waals surface area contributed by atoms with Crippen LogP contribution in [0.15, 0.2) is 0 Å². The fourth-order valence-corrected chi connectivity index (χ4v) is 2.60. The molecule has 3 atom stereocenters. The number of halogens is 2. The minimum Gasteiger partial charge on any atom is -0.122 e. The Morgan fingerprint density at radius 3 is 2.00 bits per heavy atom. The molecule has 0 aliphatic rings. The molecule has 0 aliphatic heterocycles. The molecule has 0 aromatic heterocycles. The Hall–Kier alpha value is 0.770. The van der Waals surface area contributed by atoms with Crippen molar-refractivity contribution in [1.82, 2.24) is 0 Å². The van der Waals surface area contributed by atoms with Crippen molar-refractivity contribution in [2.75, 3.05) is 0 Å². The van der Waals surface area contributed by atoms with E-state index >= 15 is 0 Å². The van der Waals surface area contributed by atoms with Gasteiger partial charge in [-0.05, 0) is 25.2 Å². The topological polar surface area (TPSA) is 0 Å². The van der Waals surface area contributed by atoms with Crippen molar-refractivity contribution in [3.05, 3.63) is 0 Å². The van der Waals surface area contributed by atoms with Gasteiger partial charge in [0, 0.05) is 10.2 Å². The molecule has 0 radical (unpaired) electrons. The summed E-state index contributed by atoms with van der Waals surface area (Å²) in [6.07, 6.45) is 2.51. The van der Waals surface area contributed by atoms with Crippen LogP contribution in [0.1, 0.15) is 40.5 Å². The largest absolute Gasteiger partial charge is 0.122 e. The standard InChI is InChI=1S/C10H20BrCl/c1-5-6-9(7(2)3)10(11)8(4)12/h7-10H,5-6H2,1-4H3. The molecule has 0 rings (SSSR count). The molecule has 0 fully saturated rings. The van der Waals surface area contributed by atoms with E-state index in [1.807, 2.05) is 0 Å². The fraction of sp³-hybridized carbons (Fsp3) is 1.00. The summed E-state index contributed by atoms with van der Waals surface area (Å²) in [5.41, 5.74) is 0. The maximum Gasteiger partial charge on any atom is 0.0435 e. The second-order valence-corrected chi connectivity index (χ2v) is 5.56. The van der Waals surface area contributed by atoms with Crippen LogP contribution in [0.25, 0.3) is 0 Å². The maximum absolute atomic E-state index is 6.06. The van der Waals surface area contributed by atoms with Crippen molar-refractivity contribution in [1.29, 1.82) is 0 Å². The average molecular weight is 256 g/mol. The van der Waals surface area contributed by atoms with Gasteiger partial charge in [0.25, 0.3) is 0 Å². The lowest BCUT2D eigenvalue weighted by Crippen LogP contribution is -2.26. The van der Waals surface area contributed by atoms with E-state index in [0.29, 0.717) is 10.7 Å². The van der Waals surface area contributed by atoms with E-state index in [-0.39, 0.29) is 5.38 Å². The molecule has 0 saturated heterocycles. The number of alkyl halides is 2. The van der Waals surface area contributed by atoms with Crippen LogP contribution in [0.2, 0.25) is 0 Å². The smallest absolute Gasteiger partial charge is 0.0435 e. The van der Waals surface area contributed by atoms with Gasteiger partial charge in [0.15, 0.2) is 0 Å². The quantitative estimate of drug-likeness (QED) is 0.637. The van der Waals surface area contributed by atoms with E-state index < -0.39 is 0 Å². The lowest BCUT2D eigenvalue weighted by molar-refractivity contribution is 0.346. The van der Waals surface area contributed by atoms with Crippen molar-refractivity contribution < 1.29 is 0 Å². The van der Waals surface area contributed by atoms with E-state index in [0.717, 1.165) is 5.92 Å². The van der Waals surface area contributed by atoms with Gasteiger partial charge in [-0.1, -0.05) is 43.1 Å². The lowest BCUT2D eigenvalue weighted by atomic mass is 9.87. The number of hydrogen-bond acceptors (Lipinski definition) is 0. The normalized spacial score (nSPS) is 19.2. The van der Waals surface area contributed by atoms with Crippen LogP contribution in [0.4, 0.5) is 0 Å². The van der Waals surface area contributed by atoms with E-state index in [4.69, 9.17) is 11.6 Å². The van der Waals surface area contributed by atoms with Crippen molar-refractivity contribution in [2.24, 2.45) is 11.8 Å². The Morgan fingerprint density at radius 1 is 1.25 bits per heavy atom. The van der Waals surface area contributed by atoms with Gasteiger partial charge in [-0.25, -0.2) is 0 Å². The predicted octanol–water partition coefficient (Wildman–Crippen LogP) is 4.45. The van der Waals surface area contributed by atoms with Crippen LogP contribution in [0, 0.1) is 11.8 Å². The highest BCUT2D eigenvalue weighted by Gasteiger charge is 2.24. The highest BCUT2D eigenvalue weighted by molar-refractivity contribution is 9.09. The van der Waals surface area contributed by atoms with E-state index in [2.05, 4.69) is 43.6 Å². The van der Waals surface area contributed by atoms with Gasteiger partial charge in [0.2, 0.25) is 0 Å². The van der Waals surface area contributed by atoms with Gasteiger partial charge in [0.05, 0.1) is 0 Å². The Labute approximate surface area is 90.2 Å². The zero-order chi connectivity index (χ0) is 9.72. The molecule has 0 amide bonds. The molecule has 12 heavy (non-hydrogen) atoms. The molecule has 0 aromatic carbocycles. The maximum atomic E-state index is 6.06. The molecule has 0 saturated carbocycles. The molecule has 74 valence electrons. The van der Waals surface area contributed by atoms with Gasteiger partial charge < -0.3 is 0 Å². The lowest BCUT2D eigenvalue weighted by Gasteiger charge is -2.27. The summed E-state index contributed by atoms with van der Waals surface area (Å²) in [4.78, 5) is 0.458. The monoisotopic (exact) mass is 254 g/mol. The van der Waals surface area contributed by atoms with Crippen LogP contribution >= 0.6 is 27.5 Å². The molecule has 3 unspecified atom stereocenters. The Bertz CT molecular complexity index is 112. The summed E-state index contributed by atoms with van der Waals surface area (Å²) >= 11 is 9.73. The van der Waals surface area contributed by atoms with Gasteiger partial charge >= 0.3 is 0 Å². The first-order valence-corrected chi connectivity index (χ1v) is 6.14. The Kier molecular flexibility index (Phi) is 6.66. The summed E-state index contributed by atoms with van der Waals surface area (Å²) < 4.78 is 0. The Morgan fingerprint density at radius 2 is 1.75 bits per heavy atom. The average Bonchev–Trinajstić information content (AvgIpc) is 1.98. The fourth-order valence-electron chi connectivity index (χ4n) is 1.53. The molecule has 0 spiro atoms. The molecule has 0 nitrogen and oxygen atoms in total. The molecule has 0 aromatic rings. The summed E-state index contributed by atoms with van der Waals surface area (Å²) in [7, 11) is 0. The highest BCUT2D eigenvalue weighted by Crippen LogP contribution is 2.30. The van der Waals surface area contributed by atoms with Crippen molar-refractivity contribution in [3.8, 4) is 0 Å². The zero-order valence-corrected chi connectivity index (χ0v) is 10.8. The summed E-state index contributed by atoms with van der Waals surface area (Å²) in [5.74, 6) is 1.43. The first-order chi connectivity index (χ1) is 5.50. The minimum atomic E-state index is 0.226. The number of hydrogen-bond donors (Lipinski definition) is 0. The van der Waals surface area contributed by atoms with Gasteiger partial charge in [-0.15, -0.1) is 11.6 Å². The SMILES string of the molecule is CCCC(C(C)C)C(Br)C(C)Cl. The van der Waals surface area contributed by atoms with Crippen LogP contribution in [-0.4, -0.2) is 10.2 Å². The van der Waals surface area contributed by atoms with Gasteiger partial charge in [0.1, 0.15) is 0 Å². The third kappa shape index (κ3) is 4.13. The van der Waals surface area contributed by atoms with E-state index in [9.17, 15) is 0 Å². The molecule has 0 N–H and O–H groups in total. The van der Waals surface area contributed by atoms with Crippen LogP contribution in [0.5, 0.6) is 0 Å². The molecule has 0 bridgehead atoms. The number of rotatable bonds is 5. The second-order valence-electron chi connectivity index (χ2n) is 3.82. The van der Waals surface area contributed by atoms with Gasteiger partial charge in [-0.3, -0.25) is 0 Å². The first kappa shape index (κ1) is 12.8. The highest BCUT2D eigenvalue weighted by atomic mass is 79.9. The van der Waals surface area contributed by atoms with E-state index in [1.165, 1.54) is 12.8 Å². The Balaban J connectivity index is 4.09. The predicted molar refractivity (Wildman–Crippen MR) is 61.3 cm³/mol. The van der Waals surface area contributed by atoms with Crippen LogP contribution in [0.3, 0.4) is 0 Å². The summed E-state index contributed by atoms with van der Waals surface area (Å²) in [6.45, 7) is 8.84. The molecule has 2 heteroatoms. The summed E-state index contributed by atoms with van der Waals surface area (Å²) in [6, 6.07) is 0. The third-order valence-electron chi connectivity index (χ3n) is 2.33. The molecular weight excluding hydrogens is 235 g/mol. The van der Waals surface area contributed by atoms with Crippen LogP contribution in [-0.2, 0) is 0 Å². The van der Waals surface area contributed by atoms with Crippen molar-refractivity contribution in [2.45, 2.75) is 50.7 Å². The van der Waals surface area contributed by atoms with Gasteiger partial charge in [-0.2, -0.15) is 0 Å². The third-order valence-corrected chi connectivity index (χ3v) is 4.37. The van der Waals surface area contributed by atoms with E-state index in [1.54, 1.807) is 0 Å². The van der Waals surface area contributed by atoms with Crippen LogP contribution < -0.4 is 0 Å². The van der Waals surface area contributed by atoms with Crippen molar-refractivity contribution >= 4 is 27.5 Å². The van der Waals surface area contributed by atoms with Crippen molar-refractivity contribution in [3.63, 3.8) is 0 Å². The second kappa shape index (κ2) is 6.26. The molecule has 0 aliphatic carbocycles. The molecular formula is C10H20BrCl. The molecule has 0 heterocycles. The zero-order valence-electron chi connectivity index (χ0n) is 8.48.